The summed E-state index contributed by atoms with van der Waals surface area (Å²) >= 11 is 5.64. The Morgan fingerprint density at radius 3 is 3.00 bits per heavy atom. The van der Waals surface area contributed by atoms with E-state index in [9.17, 15) is 9.18 Å². The molecule has 2 aromatic rings. The largest absolute Gasteiger partial charge is 0.387 e. The third-order valence-corrected chi connectivity index (χ3v) is 3.85. The molecule has 0 saturated heterocycles. The minimum absolute atomic E-state index is 0.0739. The van der Waals surface area contributed by atoms with Crippen LogP contribution in [0.15, 0.2) is 42.6 Å². The Morgan fingerprint density at radius 1 is 1.32 bits per heavy atom. The molecule has 22 heavy (non-hydrogen) atoms. The maximum atomic E-state index is 13.4. The van der Waals surface area contributed by atoms with Gasteiger partial charge in [0, 0.05) is 18.7 Å². The quantitative estimate of drug-likeness (QED) is 0.910. The first-order chi connectivity index (χ1) is 10.6. The number of halogens is 2. The molecule has 2 N–H and O–H groups in total. The minimum Gasteiger partial charge on any atom is -0.387 e. The van der Waals surface area contributed by atoms with Crippen molar-refractivity contribution in [2.24, 2.45) is 0 Å². The molecule has 0 aromatic heterocycles. The highest BCUT2D eigenvalue weighted by molar-refractivity contribution is 6.30. The fourth-order valence-corrected chi connectivity index (χ4v) is 2.52. The molecule has 112 valence electrons. The van der Waals surface area contributed by atoms with Crippen LogP contribution in [0, 0.1) is 5.82 Å². The van der Waals surface area contributed by atoms with Crippen LogP contribution >= 0.6 is 11.6 Å². The molecular formula is C17H14ClFN2O. The first-order valence-electron chi connectivity index (χ1n) is 6.89. The normalized spacial score (nSPS) is 12.5. The fourth-order valence-electron chi connectivity index (χ4n) is 2.40. The van der Waals surface area contributed by atoms with Crippen LogP contribution in [0.1, 0.15) is 27.0 Å². The van der Waals surface area contributed by atoms with E-state index in [2.05, 4.69) is 10.6 Å². The lowest BCUT2D eigenvalue weighted by atomic mass is 9.98. The van der Waals surface area contributed by atoms with Crippen molar-refractivity contribution in [2.45, 2.75) is 13.1 Å². The average molecular weight is 317 g/mol. The van der Waals surface area contributed by atoms with Crippen molar-refractivity contribution in [3.63, 3.8) is 0 Å². The lowest BCUT2D eigenvalue weighted by Crippen LogP contribution is -2.25. The molecule has 0 saturated carbocycles. The summed E-state index contributed by atoms with van der Waals surface area (Å²) in [5.41, 5.74) is 3.27. The molecule has 1 aliphatic heterocycles. The highest BCUT2D eigenvalue weighted by Gasteiger charge is 2.14. The molecule has 1 aliphatic rings. The highest BCUT2D eigenvalue weighted by atomic mass is 35.5. The number of hydrogen-bond acceptors (Lipinski definition) is 2. The number of carbonyl (C=O) groups is 1. The molecular weight excluding hydrogens is 303 g/mol. The maximum Gasteiger partial charge on any atom is 0.252 e. The summed E-state index contributed by atoms with van der Waals surface area (Å²) in [6.45, 7) is 0.952. The van der Waals surface area contributed by atoms with Crippen molar-refractivity contribution in [1.82, 2.24) is 10.6 Å². The van der Waals surface area contributed by atoms with Gasteiger partial charge in [0.15, 0.2) is 0 Å². The van der Waals surface area contributed by atoms with E-state index in [1.165, 1.54) is 12.1 Å². The van der Waals surface area contributed by atoms with Crippen molar-refractivity contribution in [3.8, 4) is 0 Å². The molecule has 0 spiro atoms. The van der Waals surface area contributed by atoms with Crippen LogP contribution in [-0.4, -0.2) is 5.91 Å². The minimum atomic E-state index is -0.487. The summed E-state index contributed by atoms with van der Waals surface area (Å²) < 4.78 is 13.4. The van der Waals surface area contributed by atoms with Gasteiger partial charge in [-0.1, -0.05) is 29.8 Å². The van der Waals surface area contributed by atoms with E-state index in [1.807, 2.05) is 24.4 Å². The molecule has 0 unspecified atom stereocenters. The van der Waals surface area contributed by atoms with Gasteiger partial charge >= 0.3 is 0 Å². The molecule has 1 heterocycles. The van der Waals surface area contributed by atoms with E-state index >= 15 is 0 Å². The van der Waals surface area contributed by atoms with E-state index in [-0.39, 0.29) is 17.5 Å². The Hall–Kier alpha value is -2.33. The summed E-state index contributed by atoms with van der Waals surface area (Å²) in [5, 5.41) is 5.99. The van der Waals surface area contributed by atoms with E-state index < -0.39 is 5.82 Å². The number of nitrogens with one attached hydrogen (secondary N) is 2. The predicted octanol–water partition coefficient (Wildman–Crippen LogP) is 3.48. The van der Waals surface area contributed by atoms with Crippen LogP contribution < -0.4 is 10.6 Å². The molecule has 5 heteroatoms. The van der Waals surface area contributed by atoms with E-state index in [0.29, 0.717) is 17.7 Å². The van der Waals surface area contributed by atoms with Crippen molar-refractivity contribution in [1.29, 1.82) is 0 Å². The first kappa shape index (κ1) is 14.6. The third kappa shape index (κ3) is 2.97. The summed E-state index contributed by atoms with van der Waals surface area (Å²) in [6, 6.07) is 10.1. The lowest BCUT2D eigenvalue weighted by Gasteiger charge is -2.15. The molecule has 2 aromatic carbocycles. The molecule has 3 nitrogen and oxygen atoms in total. The van der Waals surface area contributed by atoms with Crippen molar-refractivity contribution >= 4 is 23.6 Å². The van der Waals surface area contributed by atoms with Crippen molar-refractivity contribution < 1.29 is 9.18 Å². The SMILES string of the molecule is O=C(NCc1ccc(Cl)c(F)c1)c1cccc2c1C=CNC2. The fraction of sp³-hybridized carbons (Fsp3) is 0.118. The van der Waals surface area contributed by atoms with Gasteiger partial charge in [-0.25, -0.2) is 4.39 Å². The standard InChI is InChI=1S/C17H14ClFN2O/c18-15-5-4-11(8-16(15)19)9-21-17(22)14-3-1-2-12-10-20-7-6-13(12)14/h1-8,20H,9-10H2,(H,21,22). The summed E-state index contributed by atoms with van der Waals surface area (Å²) in [4.78, 5) is 12.4. The molecule has 0 radical (unpaired) electrons. The van der Waals surface area contributed by atoms with Crippen LogP contribution in [0.3, 0.4) is 0 Å². The zero-order valence-corrected chi connectivity index (χ0v) is 12.5. The van der Waals surface area contributed by atoms with Gasteiger partial charge in [0.05, 0.1) is 5.02 Å². The molecule has 0 fully saturated rings. The average Bonchev–Trinajstić information content (AvgIpc) is 2.55. The van der Waals surface area contributed by atoms with Crippen LogP contribution in [0.25, 0.3) is 6.08 Å². The number of rotatable bonds is 3. The Labute approximate surface area is 132 Å². The topological polar surface area (TPSA) is 41.1 Å². The Balaban J connectivity index is 1.75. The summed E-state index contributed by atoms with van der Waals surface area (Å²) in [5.74, 6) is -0.668. The molecule has 0 atom stereocenters. The number of fused-ring (bicyclic) bond motifs is 1. The molecule has 0 bridgehead atoms. The second-order valence-corrected chi connectivity index (χ2v) is 5.43. The van der Waals surface area contributed by atoms with E-state index in [4.69, 9.17) is 11.6 Å². The second-order valence-electron chi connectivity index (χ2n) is 5.02. The monoisotopic (exact) mass is 316 g/mol. The van der Waals surface area contributed by atoms with Crippen LogP contribution in [0.2, 0.25) is 5.02 Å². The predicted molar refractivity (Wildman–Crippen MR) is 84.9 cm³/mol. The van der Waals surface area contributed by atoms with Crippen LogP contribution in [0.4, 0.5) is 4.39 Å². The van der Waals surface area contributed by atoms with E-state index in [0.717, 1.165) is 11.1 Å². The molecule has 1 amide bonds. The summed E-state index contributed by atoms with van der Waals surface area (Å²) in [7, 11) is 0. The van der Waals surface area contributed by atoms with Gasteiger partial charge in [-0.15, -0.1) is 0 Å². The molecule has 3 rings (SSSR count). The highest BCUT2D eigenvalue weighted by Crippen LogP contribution is 2.20. The number of hydrogen-bond donors (Lipinski definition) is 2. The number of carbonyl (C=O) groups excluding carboxylic acids is 1. The van der Waals surface area contributed by atoms with Gasteiger partial charge in [-0.05, 0) is 47.2 Å². The Kier molecular flexibility index (Phi) is 4.11. The zero-order chi connectivity index (χ0) is 15.5. The number of amides is 1. The lowest BCUT2D eigenvalue weighted by molar-refractivity contribution is 0.0950. The maximum absolute atomic E-state index is 13.4. The van der Waals surface area contributed by atoms with Gasteiger partial charge in [-0.2, -0.15) is 0 Å². The first-order valence-corrected chi connectivity index (χ1v) is 7.27. The Morgan fingerprint density at radius 2 is 2.18 bits per heavy atom. The zero-order valence-electron chi connectivity index (χ0n) is 11.7. The van der Waals surface area contributed by atoms with Gasteiger partial charge < -0.3 is 10.6 Å². The van der Waals surface area contributed by atoms with Crippen LogP contribution in [-0.2, 0) is 13.1 Å². The van der Waals surface area contributed by atoms with E-state index in [1.54, 1.807) is 12.1 Å². The molecule has 0 aliphatic carbocycles. The number of benzene rings is 2. The smallest absolute Gasteiger partial charge is 0.252 e. The van der Waals surface area contributed by atoms with Crippen molar-refractivity contribution in [3.05, 3.63) is 75.7 Å². The third-order valence-electron chi connectivity index (χ3n) is 3.54. The van der Waals surface area contributed by atoms with Gasteiger partial charge in [0.1, 0.15) is 5.82 Å². The van der Waals surface area contributed by atoms with Crippen molar-refractivity contribution in [2.75, 3.05) is 0 Å². The second kappa shape index (κ2) is 6.20. The van der Waals surface area contributed by atoms with Gasteiger partial charge in [0.2, 0.25) is 0 Å². The summed E-state index contributed by atoms with van der Waals surface area (Å²) in [6.07, 6.45) is 3.71. The van der Waals surface area contributed by atoms with Gasteiger partial charge in [-0.3, -0.25) is 4.79 Å². The van der Waals surface area contributed by atoms with Gasteiger partial charge in [0.25, 0.3) is 5.91 Å². The Bertz CT molecular complexity index is 758. The van der Waals surface area contributed by atoms with Crippen LogP contribution in [0.5, 0.6) is 0 Å².